The molecule has 1 aromatic carbocycles. The number of halogens is 3. The molecule has 1 aromatic rings. The monoisotopic (exact) mass is 396 g/mol. The van der Waals surface area contributed by atoms with Crippen molar-refractivity contribution in [3.05, 3.63) is 24.3 Å². The van der Waals surface area contributed by atoms with Crippen LogP contribution >= 0.6 is 0 Å². The summed E-state index contributed by atoms with van der Waals surface area (Å²) < 4.78 is 86.1. The van der Waals surface area contributed by atoms with Gasteiger partial charge in [0.15, 0.2) is 0 Å². The summed E-state index contributed by atoms with van der Waals surface area (Å²) in [5, 5.41) is 17.2. The molecule has 0 saturated carbocycles. The van der Waals surface area contributed by atoms with Crippen molar-refractivity contribution in [2.75, 3.05) is 19.6 Å². The summed E-state index contributed by atoms with van der Waals surface area (Å²) in [5.41, 5.74) is 0. The quantitative estimate of drug-likeness (QED) is 0.670. The molecule has 0 heterocycles. The lowest BCUT2D eigenvalue weighted by Gasteiger charge is -2.16. The van der Waals surface area contributed by atoms with Gasteiger partial charge in [-0.3, -0.25) is 0 Å². The van der Waals surface area contributed by atoms with Crippen LogP contribution in [-0.4, -0.2) is 47.0 Å². The summed E-state index contributed by atoms with van der Waals surface area (Å²) in [6, 6.07) is 6.49. The number of nitrogens with one attached hydrogen (secondary N) is 1. The first-order chi connectivity index (χ1) is 11.4. The summed E-state index contributed by atoms with van der Waals surface area (Å²) in [5.74, 6) is 0. The maximum atomic E-state index is 12.2. The molecule has 1 rings (SSSR count). The predicted octanol–water partition coefficient (Wildman–Crippen LogP) is 0.565. The van der Waals surface area contributed by atoms with Crippen LogP contribution < -0.4 is 4.72 Å². The Balaban J connectivity index is 3.10. The van der Waals surface area contributed by atoms with Crippen molar-refractivity contribution in [3.63, 3.8) is 0 Å². The van der Waals surface area contributed by atoms with Crippen LogP contribution in [0.25, 0.3) is 0 Å². The van der Waals surface area contributed by atoms with Gasteiger partial charge in [-0.2, -0.15) is 28.0 Å². The molecule has 25 heavy (non-hydrogen) atoms. The van der Waals surface area contributed by atoms with Crippen LogP contribution in [0.1, 0.15) is 0 Å². The number of alkyl halides is 3. The zero-order valence-electron chi connectivity index (χ0n) is 12.4. The third-order valence-corrected chi connectivity index (χ3v) is 5.95. The molecule has 0 spiro atoms. The Labute approximate surface area is 142 Å². The maximum Gasteiger partial charge on any atom is 0.402 e. The predicted molar refractivity (Wildman–Crippen MR) is 77.7 cm³/mol. The first-order valence-electron chi connectivity index (χ1n) is 6.34. The van der Waals surface area contributed by atoms with Crippen LogP contribution in [0.15, 0.2) is 34.1 Å². The summed E-state index contributed by atoms with van der Waals surface area (Å²) in [4.78, 5) is -0.976. The van der Waals surface area contributed by atoms with Gasteiger partial charge < -0.3 is 0 Å². The number of sulfonamides is 2. The molecule has 0 fully saturated rings. The standard InChI is InChI=1S/C12H11F3N4O4S2/c13-12(14,15)9-18-24(20,21)10-1-3-11(4-2-10)25(22,23)19(7-5-16)8-6-17/h1-4,18H,7-9H2. The van der Waals surface area contributed by atoms with E-state index in [1.807, 2.05) is 0 Å². The second-order valence-corrected chi connectivity index (χ2v) is 8.21. The lowest BCUT2D eigenvalue weighted by atomic mass is 10.4. The molecule has 13 heteroatoms. The van der Waals surface area contributed by atoms with E-state index in [0.29, 0.717) is 4.31 Å². The molecule has 0 amide bonds. The first-order valence-corrected chi connectivity index (χ1v) is 9.27. The number of nitrogens with zero attached hydrogens (tertiary/aromatic N) is 3. The molecule has 1 N–H and O–H groups in total. The van der Waals surface area contributed by atoms with E-state index in [4.69, 9.17) is 10.5 Å². The molecule has 0 bridgehead atoms. The number of nitriles is 2. The van der Waals surface area contributed by atoms with Gasteiger partial charge in [0.2, 0.25) is 20.0 Å². The highest BCUT2D eigenvalue weighted by Gasteiger charge is 2.30. The normalized spacial score (nSPS) is 12.6. The third-order valence-electron chi connectivity index (χ3n) is 2.73. The largest absolute Gasteiger partial charge is 0.402 e. The van der Waals surface area contributed by atoms with Crippen LogP contribution in [0.3, 0.4) is 0 Å². The fourth-order valence-electron chi connectivity index (χ4n) is 1.58. The Morgan fingerprint density at radius 3 is 1.80 bits per heavy atom. The molecule has 0 aliphatic rings. The highest BCUT2D eigenvalue weighted by molar-refractivity contribution is 7.89. The number of hydrogen-bond acceptors (Lipinski definition) is 6. The second kappa shape index (κ2) is 7.79. The lowest BCUT2D eigenvalue weighted by Crippen LogP contribution is -2.34. The molecule has 0 radical (unpaired) electrons. The van der Waals surface area contributed by atoms with Gasteiger partial charge in [0.25, 0.3) is 0 Å². The molecule has 0 atom stereocenters. The molecular formula is C12H11F3N4O4S2. The van der Waals surface area contributed by atoms with Gasteiger partial charge in [-0.15, -0.1) is 0 Å². The Kier molecular flexibility index (Phi) is 6.50. The van der Waals surface area contributed by atoms with E-state index in [1.54, 1.807) is 12.1 Å². The van der Waals surface area contributed by atoms with E-state index in [1.165, 1.54) is 4.72 Å². The molecular weight excluding hydrogens is 385 g/mol. The molecule has 0 aliphatic heterocycles. The minimum Gasteiger partial charge on any atom is -0.207 e. The van der Waals surface area contributed by atoms with Crippen molar-refractivity contribution in [1.82, 2.24) is 9.03 Å². The van der Waals surface area contributed by atoms with Crippen molar-refractivity contribution < 1.29 is 30.0 Å². The SMILES string of the molecule is N#CCN(CC#N)S(=O)(=O)c1ccc(S(=O)(=O)NCC(F)(F)F)cc1. The van der Waals surface area contributed by atoms with Gasteiger partial charge in [0.05, 0.1) is 21.9 Å². The minimum absolute atomic E-state index is 0.409. The van der Waals surface area contributed by atoms with E-state index in [0.717, 1.165) is 24.3 Å². The van der Waals surface area contributed by atoms with Crippen molar-refractivity contribution in [1.29, 1.82) is 10.5 Å². The summed E-state index contributed by atoms with van der Waals surface area (Å²) in [6.45, 7) is -2.96. The third kappa shape index (κ3) is 5.68. The fraction of sp³-hybridized carbons (Fsp3) is 0.333. The lowest BCUT2D eigenvalue weighted by molar-refractivity contribution is -0.121. The number of hydrogen-bond donors (Lipinski definition) is 1. The topological polar surface area (TPSA) is 131 Å². The highest BCUT2D eigenvalue weighted by atomic mass is 32.2. The van der Waals surface area contributed by atoms with Gasteiger partial charge >= 0.3 is 6.18 Å². The highest BCUT2D eigenvalue weighted by Crippen LogP contribution is 2.19. The Morgan fingerprint density at radius 1 is 0.960 bits per heavy atom. The van der Waals surface area contributed by atoms with Gasteiger partial charge in [0.1, 0.15) is 19.6 Å². The van der Waals surface area contributed by atoms with E-state index < -0.39 is 55.6 Å². The molecule has 0 saturated heterocycles. The van der Waals surface area contributed by atoms with Crippen LogP contribution in [0.5, 0.6) is 0 Å². The minimum atomic E-state index is -4.74. The Morgan fingerprint density at radius 2 is 1.40 bits per heavy atom. The Hall–Kier alpha value is -2.19. The summed E-state index contributed by atoms with van der Waals surface area (Å²) in [7, 11) is -8.71. The van der Waals surface area contributed by atoms with Gasteiger partial charge in [-0.1, -0.05) is 0 Å². The van der Waals surface area contributed by atoms with Gasteiger partial charge in [-0.25, -0.2) is 21.6 Å². The number of rotatable bonds is 7. The molecule has 8 nitrogen and oxygen atoms in total. The van der Waals surface area contributed by atoms with E-state index in [-0.39, 0.29) is 0 Å². The zero-order valence-corrected chi connectivity index (χ0v) is 14.0. The number of benzene rings is 1. The van der Waals surface area contributed by atoms with Crippen LogP contribution in [0.4, 0.5) is 13.2 Å². The molecule has 136 valence electrons. The molecule has 0 aromatic heterocycles. The molecule has 0 aliphatic carbocycles. The summed E-state index contributed by atoms with van der Waals surface area (Å²) >= 11 is 0. The molecule has 0 unspecified atom stereocenters. The van der Waals surface area contributed by atoms with Gasteiger partial charge in [0, 0.05) is 0 Å². The average Bonchev–Trinajstić information content (AvgIpc) is 2.52. The summed E-state index contributed by atoms with van der Waals surface area (Å²) in [6.07, 6.45) is -4.74. The van der Waals surface area contributed by atoms with Crippen LogP contribution in [-0.2, 0) is 20.0 Å². The van der Waals surface area contributed by atoms with Crippen LogP contribution in [0, 0.1) is 22.7 Å². The van der Waals surface area contributed by atoms with E-state index in [2.05, 4.69) is 0 Å². The van der Waals surface area contributed by atoms with E-state index >= 15 is 0 Å². The second-order valence-electron chi connectivity index (χ2n) is 4.50. The Bertz CT molecular complexity index is 882. The fourth-order valence-corrected chi connectivity index (χ4v) is 3.83. The van der Waals surface area contributed by atoms with Crippen molar-refractivity contribution in [2.45, 2.75) is 16.0 Å². The van der Waals surface area contributed by atoms with Crippen LogP contribution in [0.2, 0.25) is 0 Å². The van der Waals surface area contributed by atoms with Crippen molar-refractivity contribution in [3.8, 4) is 12.1 Å². The zero-order chi connectivity index (χ0) is 19.3. The van der Waals surface area contributed by atoms with Crippen molar-refractivity contribution in [2.24, 2.45) is 0 Å². The van der Waals surface area contributed by atoms with Crippen molar-refractivity contribution >= 4 is 20.0 Å². The average molecular weight is 396 g/mol. The first kappa shape index (κ1) is 20.9. The smallest absolute Gasteiger partial charge is 0.207 e. The maximum absolute atomic E-state index is 12.2. The van der Waals surface area contributed by atoms with Gasteiger partial charge in [-0.05, 0) is 24.3 Å². The van der Waals surface area contributed by atoms with E-state index in [9.17, 15) is 30.0 Å².